The maximum Gasteiger partial charge on any atom is 0.228 e. The second kappa shape index (κ2) is 15.0. The van der Waals surface area contributed by atoms with Gasteiger partial charge in [0.25, 0.3) is 0 Å². The molecule has 1 aliphatic carbocycles. The number of aryl methyl sites for hydroxylation is 1. The van der Waals surface area contributed by atoms with Gasteiger partial charge in [-0.15, -0.1) is 0 Å². The second-order valence-corrected chi connectivity index (χ2v) is 14.3. The van der Waals surface area contributed by atoms with Gasteiger partial charge in [-0.3, -0.25) is 9.59 Å². The van der Waals surface area contributed by atoms with E-state index in [1.54, 1.807) is 0 Å². The number of anilines is 1. The first-order chi connectivity index (χ1) is 22.7. The normalized spacial score (nSPS) is 21.0. The lowest BCUT2D eigenvalue weighted by Gasteiger charge is -2.36. The summed E-state index contributed by atoms with van der Waals surface area (Å²) in [5, 5.41) is 8.02. The number of ether oxygens (including phenoxy) is 1. The molecule has 0 unspecified atom stereocenters. The van der Waals surface area contributed by atoms with Crippen molar-refractivity contribution in [3.63, 3.8) is 0 Å². The summed E-state index contributed by atoms with van der Waals surface area (Å²) in [6.07, 6.45) is 6.34. The van der Waals surface area contributed by atoms with E-state index in [1.807, 2.05) is 42.3 Å². The number of hydrogen-bond acceptors (Lipinski definition) is 6. The van der Waals surface area contributed by atoms with Crippen LogP contribution in [0.4, 0.5) is 5.82 Å². The molecule has 2 amide bonds. The minimum absolute atomic E-state index is 0.0413. The van der Waals surface area contributed by atoms with E-state index in [1.165, 1.54) is 6.92 Å². The Bertz CT molecular complexity index is 1580. The molecule has 3 aliphatic rings. The Morgan fingerprint density at radius 3 is 2.53 bits per heavy atom. The van der Waals surface area contributed by atoms with Crippen molar-refractivity contribution in [1.82, 2.24) is 20.5 Å². The molecule has 2 saturated heterocycles. The SMILES string of the molecule is CC(=O)NCCc1ccc(Cl)c(CN(C(=O)[C@H]2CNCC[C@@H]2c2ccc(N3CC[C@@H](Oc4c(Cl)cc(C)cc4Cl)C3)nc2)C2CC2)c1. The number of piperidine rings is 1. The van der Waals surface area contributed by atoms with Crippen molar-refractivity contribution < 1.29 is 14.3 Å². The van der Waals surface area contributed by atoms with Crippen LogP contribution in [0.3, 0.4) is 0 Å². The lowest BCUT2D eigenvalue weighted by Crippen LogP contribution is -2.47. The minimum atomic E-state index is -0.188. The number of carbonyl (C=O) groups excluding carboxylic acids is 2. The number of pyridine rings is 1. The molecular weight excluding hydrogens is 657 g/mol. The Labute approximate surface area is 292 Å². The molecule has 0 spiro atoms. The molecule has 47 heavy (non-hydrogen) atoms. The van der Waals surface area contributed by atoms with E-state index in [0.717, 1.165) is 66.8 Å². The van der Waals surface area contributed by atoms with E-state index >= 15 is 0 Å². The summed E-state index contributed by atoms with van der Waals surface area (Å²) >= 11 is 19.5. The van der Waals surface area contributed by atoms with E-state index < -0.39 is 0 Å². The lowest BCUT2D eigenvalue weighted by atomic mass is 9.80. The predicted octanol–water partition coefficient (Wildman–Crippen LogP) is 6.57. The van der Waals surface area contributed by atoms with Crippen molar-refractivity contribution in [2.45, 2.75) is 70.6 Å². The zero-order valence-electron chi connectivity index (χ0n) is 26.9. The van der Waals surface area contributed by atoms with Crippen LogP contribution in [0.25, 0.3) is 0 Å². The molecule has 3 aromatic rings. The fraction of sp³-hybridized carbons (Fsp3) is 0.472. The molecule has 0 bridgehead atoms. The van der Waals surface area contributed by atoms with Gasteiger partial charge in [-0.05, 0) is 91.6 Å². The van der Waals surface area contributed by atoms with E-state index in [-0.39, 0.29) is 35.8 Å². The highest BCUT2D eigenvalue weighted by Gasteiger charge is 2.40. The van der Waals surface area contributed by atoms with Gasteiger partial charge < -0.3 is 25.2 Å². The summed E-state index contributed by atoms with van der Waals surface area (Å²) in [5.41, 5.74) is 4.11. The molecule has 3 fully saturated rings. The van der Waals surface area contributed by atoms with Gasteiger partial charge in [0, 0.05) is 56.8 Å². The van der Waals surface area contributed by atoms with Crippen LogP contribution in [0.1, 0.15) is 60.8 Å². The summed E-state index contributed by atoms with van der Waals surface area (Å²) in [6, 6.07) is 14.1. The first kappa shape index (κ1) is 33.8. The van der Waals surface area contributed by atoms with Crippen LogP contribution in [0, 0.1) is 12.8 Å². The van der Waals surface area contributed by atoms with Gasteiger partial charge >= 0.3 is 0 Å². The molecule has 8 nitrogen and oxygen atoms in total. The van der Waals surface area contributed by atoms with Gasteiger partial charge in [0.1, 0.15) is 11.9 Å². The second-order valence-electron chi connectivity index (χ2n) is 13.0. The summed E-state index contributed by atoms with van der Waals surface area (Å²) < 4.78 is 6.23. The number of nitrogens with one attached hydrogen (secondary N) is 2. The molecule has 2 N–H and O–H groups in total. The fourth-order valence-electron chi connectivity index (χ4n) is 6.78. The Balaban J connectivity index is 1.12. The number of amides is 2. The Hall–Kier alpha value is -3.04. The van der Waals surface area contributed by atoms with Gasteiger partial charge in [0.15, 0.2) is 5.75 Å². The third kappa shape index (κ3) is 8.34. The lowest BCUT2D eigenvalue weighted by molar-refractivity contribution is -0.138. The average Bonchev–Trinajstić information content (AvgIpc) is 3.79. The molecule has 11 heteroatoms. The maximum absolute atomic E-state index is 14.3. The smallest absolute Gasteiger partial charge is 0.228 e. The van der Waals surface area contributed by atoms with Crippen molar-refractivity contribution in [3.8, 4) is 5.75 Å². The Morgan fingerprint density at radius 1 is 1.04 bits per heavy atom. The summed E-state index contributed by atoms with van der Waals surface area (Å²) in [5.74, 6) is 1.44. The van der Waals surface area contributed by atoms with E-state index in [9.17, 15) is 9.59 Å². The number of hydrogen-bond donors (Lipinski definition) is 2. The highest BCUT2D eigenvalue weighted by molar-refractivity contribution is 6.37. The largest absolute Gasteiger partial charge is 0.485 e. The van der Waals surface area contributed by atoms with Crippen molar-refractivity contribution in [2.24, 2.45) is 5.92 Å². The fourth-order valence-corrected chi connectivity index (χ4v) is 7.64. The zero-order chi connectivity index (χ0) is 33.1. The number of nitrogens with zero attached hydrogens (tertiary/aromatic N) is 3. The molecule has 1 saturated carbocycles. The monoisotopic (exact) mass is 697 g/mol. The molecule has 2 aliphatic heterocycles. The van der Waals surface area contributed by atoms with E-state index in [0.29, 0.717) is 53.4 Å². The van der Waals surface area contributed by atoms with Crippen molar-refractivity contribution >= 4 is 52.4 Å². The summed E-state index contributed by atoms with van der Waals surface area (Å²) in [7, 11) is 0. The van der Waals surface area contributed by atoms with Gasteiger partial charge in [-0.1, -0.05) is 53.0 Å². The number of halogens is 3. The molecule has 3 heterocycles. The molecule has 0 radical (unpaired) electrons. The Kier molecular flexibility index (Phi) is 10.8. The van der Waals surface area contributed by atoms with Crippen molar-refractivity contribution in [3.05, 3.63) is 86.0 Å². The van der Waals surface area contributed by atoms with Crippen molar-refractivity contribution in [1.29, 1.82) is 0 Å². The maximum atomic E-state index is 14.3. The third-order valence-electron chi connectivity index (χ3n) is 9.40. The van der Waals surface area contributed by atoms with Crippen LogP contribution in [0.15, 0.2) is 48.7 Å². The average molecular weight is 699 g/mol. The number of rotatable bonds is 11. The molecule has 1 aromatic heterocycles. The quantitative estimate of drug-likeness (QED) is 0.236. The predicted molar refractivity (Wildman–Crippen MR) is 188 cm³/mol. The Morgan fingerprint density at radius 2 is 1.83 bits per heavy atom. The van der Waals surface area contributed by atoms with E-state index in [2.05, 4.69) is 33.7 Å². The van der Waals surface area contributed by atoms with Gasteiger partial charge in [-0.25, -0.2) is 4.98 Å². The van der Waals surface area contributed by atoms with Gasteiger partial charge in [0.05, 0.1) is 22.5 Å². The molecule has 3 atom stereocenters. The first-order valence-electron chi connectivity index (χ1n) is 16.5. The van der Waals surface area contributed by atoms with Crippen LogP contribution in [-0.4, -0.2) is 66.6 Å². The van der Waals surface area contributed by atoms with Gasteiger partial charge in [-0.2, -0.15) is 0 Å². The molecule has 6 rings (SSSR count). The zero-order valence-corrected chi connectivity index (χ0v) is 29.2. The molecular formula is C36H42Cl3N5O3. The molecule has 2 aromatic carbocycles. The first-order valence-corrected chi connectivity index (χ1v) is 17.7. The van der Waals surface area contributed by atoms with Crippen molar-refractivity contribution in [2.75, 3.05) is 37.6 Å². The van der Waals surface area contributed by atoms with Crippen LogP contribution in [-0.2, 0) is 22.6 Å². The number of carbonyl (C=O) groups is 2. The standard InChI is InChI=1S/C36H42Cl3N5O3/c1-22-15-32(38)35(33(39)16-22)47-28-11-14-43(21-28)34-8-4-25(18-42-34)29-10-12-40-19-30(29)36(46)44(27-5-6-27)20-26-17-24(3-7-31(26)37)9-13-41-23(2)45/h3-4,7-8,15-18,27-30,40H,5-6,9-14,19-21H2,1-2H3,(H,41,45)/t28-,29-,30+/m1/s1. The molecule has 250 valence electrons. The van der Waals surface area contributed by atoms with Crippen LogP contribution in [0.2, 0.25) is 15.1 Å². The third-order valence-corrected chi connectivity index (χ3v) is 10.3. The minimum Gasteiger partial charge on any atom is -0.485 e. The van der Waals surface area contributed by atoms with Crippen LogP contribution < -0.4 is 20.3 Å². The van der Waals surface area contributed by atoms with Crippen LogP contribution in [0.5, 0.6) is 5.75 Å². The summed E-state index contributed by atoms with van der Waals surface area (Å²) in [6.45, 7) is 7.51. The number of benzene rings is 2. The van der Waals surface area contributed by atoms with Crippen LogP contribution >= 0.6 is 34.8 Å². The summed E-state index contributed by atoms with van der Waals surface area (Å²) in [4.78, 5) is 34.7. The van der Waals surface area contributed by atoms with Gasteiger partial charge in [0.2, 0.25) is 11.8 Å². The highest BCUT2D eigenvalue weighted by atomic mass is 35.5. The topological polar surface area (TPSA) is 86.8 Å². The van der Waals surface area contributed by atoms with E-state index in [4.69, 9.17) is 44.5 Å². The number of aromatic nitrogens is 1. The highest BCUT2D eigenvalue weighted by Crippen LogP contribution is 2.38.